The van der Waals surface area contributed by atoms with Crippen LogP contribution < -0.4 is 5.73 Å². The fourth-order valence-electron chi connectivity index (χ4n) is 1.97. The van der Waals surface area contributed by atoms with Crippen LogP contribution in [0.3, 0.4) is 0 Å². The largest absolute Gasteiger partial charge is 0.465 e. The molecule has 0 amide bonds. The molecule has 19 heavy (non-hydrogen) atoms. The third kappa shape index (κ3) is 3.61. The Balaban J connectivity index is 2.12. The number of hydrogen-bond donors (Lipinski definition) is 1. The smallest absolute Gasteiger partial charge is 0.118 e. The molecule has 0 bridgehead atoms. The number of thiophene rings is 1. The highest BCUT2D eigenvalue weighted by molar-refractivity contribution is 9.10. The topological polar surface area (TPSA) is 42.4 Å². The second-order valence-electron chi connectivity index (χ2n) is 4.45. The van der Waals surface area contributed by atoms with Gasteiger partial charge in [-0.3, -0.25) is 4.90 Å². The number of nitrogens with zero attached hydrogens (tertiary/aromatic N) is 1. The van der Waals surface area contributed by atoms with E-state index in [-0.39, 0.29) is 6.04 Å². The van der Waals surface area contributed by atoms with E-state index in [0.29, 0.717) is 6.54 Å². The first kappa shape index (κ1) is 15.1. The van der Waals surface area contributed by atoms with Crippen molar-refractivity contribution < 1.29 is 4.42 Å². The zero-order valence-electron chi connectivity index (χ0n) is 10.8. The monoisotopic (exact) mass is 362 g/mol. The predicted octanol–water partition coefficient (Wildman–Crippen LogP) is 4.20. The molecule has 0 spiro atoms. The summed E-state index contributed by atoms with van der Waals surface area (Å²) in [6, 6.07) is 6.14. The van der Waals surface area contributed by atoms with E-state index in [0.717, 1.165) is 31.8 Å². The highest BCUT2D eigenvalue weighted by atomic mass is 79.9. The van der Waals surface area contributed by atoms with Crippen molar-refractivity contribution in [1.29, 1.82) is 0 Å². The average molecular weight is 364 g/mol. The maximum Gasteiger partial charge on any atom is 0.118 e. The molecule has 0 aliphatic carbocycles. The normalized spacial score (nSPS) is 13.2. The summed E-state index contributed by atoms with van der Waals surface area (Å²) in [6.07, 6.45) is 0. The number of hydrogen-bond acceptors (Lipinski definition) is 4. The average Bonchev–Trinajstić information content (AvgIpc) is 2.88. The van der Waals surface area contributed by atoms with Gasteiger partial charge in [0.25, 0.3) is 0 Å². The van der Waals surface area contributed by atoms with Gasteiger partial charge < -0.3 is 10.2 Å². The van der Waals surface area contributed by atoms with Gasteiger partial charge in [0.1, 0.15) is 15.9 Å². The summed E-state index contributed by atoms with van der Waals surface area (Å²) < 4.78 is 7.28. The number of likely N-dealkylation sites (N-methyl/N-ethyl adjacent to an activating group) is 1. The highest BCUT2D eigenvalue weighted by Crippen LogP contribution is 2.36. The van der Waals surface area contributed by atoms with Crippen LogP contribution in [-0.4, -0.2) is 18.5 Å². The lowest BCUT2D eigenvalue weighted by molar-refractivity contribution is 0.224. The van der Waals surface area contributed by atoms with Crippen molar-refractivity contribution in [3.8, 4) is 0 Å². The van der Waals surface area contributed by atoms with E-state index in [1.54, 1.807) is 11.3 Å². The number of aryl methyl sites for hydroxylation is 1. The molecule has 0 saturated heterocycles. The van der Waals surface area contributed by atoms with E-state index < -0.39 is 0 Å². The zero-order chi connectivity index (χ0) is 14.0. The Labute approximate surface area is 130 Å². The summed E-state index contributed by atoms with van der Waals surface area (Å²) in [5.74, 6) is 1.87. The molecule has 0 radical (unpaired) electrons. The molecule has 2 rings (SSSR count). The van der Waals surface area contributed by atoms with Crippen LogP contribution in [0.2, 0.25) is 4.34 Å². The van der Waals surface area contributed by atoms with E-state index in [9.17, 15) is 0 Å². The second-order valence-corrected chi connectivity index (χ2v) is 6.99. The Morgan fingerprint density at radius 2 is 2.26 bits per heavy atom. The summed E-state index contributed by atoms with van der Waals surface area (Å²) in [6.45, 7) is 3.21. The molecule has 2 heterocycles. The van der Waals surface area contributed by atoms with Gasteiger partial charge in [0, 0.05) is 15.9 Å². The summed E-state index contributed by atoms with van der Waals surface area (Å²) in [7, 11) is 2.04. The van der Waals surface area contributed by atoms with Gasteiger partial charge in [0.15, 0.2) is 0 Å². The van der Waals surface area contributed by atoms with Crippen molar-refractivity contribution in [2.45, 2.75) is 19.5 Å². The Morgan fingerprint density at radius 1 is 1.53 bits per heavy atom. The first-order chi connectivity index (χ1) is 9.01. The molecular weight excluding hydrogens is 348 g/mol. The Morgan fingerprint density at radius 3 is 2.74 bits per heavy atom. The molecule has 2 aromatic heterocycles. The van der Waals surface area contributed by atoms with Crippen LogP contribution in [0.1, 0.15) is 22.4 Å². The van der Waals surface area contributed by atoms with Crippen LogP contribution in [0.4, 0.5) is 0 Å². The van der Waals surface area contributed by atoms with Gasteiger partial charge in [-0.1, -0.05) is 11.6 Å². The van der Waals surface area contributed by atoms with E-state index >= 15 is 0 Å². The van der Waals surface area contributed by atoms with Crippen molar-refractivity contribution in [2.24, 2.45) is 5.73 Å². The second kappa shape index (κ2) is 6.41. The molecule has 0 saturated carbocycles. The third-order valence-electron chi connectivity index (χ3n) is 2.95. The fourth-order valence-corrected chi connectivity index (χ4v) is 3.88. The van der Waals surface area contributed by atoms with Crippen molar-refractivity contribution >= 4 is 38.9 Å². The lowest BCUT2D eigenvalue weighted by atomic mass is 10.2. The number of rotatable bonds is 5. The third-order valence-corrected chi connectivity index (χ3v) is 5.53. The van der Waals surface area contributed by atoms with Gasteiger partial charge in [0.2, 0.25) is 0 Å². The standard InChI is InChI=1S/C13H16BrClN2OS/c1-8-3-4-9(18-8)7-17(2)11(6-16)12-5-10(14)13(15)19-12/h3-5,11H,6-7,16H2,1-2H3. The van der Waals surface area contributed by atoms with Crippen LogP contribution in [0, 0.1) is 6.92 Å². The zero-order valence-corrected chi connectivity index (χ0v) is 14.0. The summed E-state index contributed by atoms with van der Waals surface area (Å²) >= 11 is 11.1. The molecule has 104 valence electrons. The van der Waals surface area contributed by atoms with Gasteiger partial charge >= 0.3 is 0 Å². The number of nitrogens with two attached hydrogens (primary N) is 1. The van der Waals surface area contributed by atoms with E-state index in [2.05, 4.69) is 20.8 Å². The van der Waals surface area contributed by atoms with Gasteiger partial charge in [-0.05, 0) is 48.1 Å². The minimum Gasteiger partial charge on any atom is -0.465 e. The summed E-state index contributed by atoms with van der Waals surface area (Å²) in [4.78, 5) is 3.33. The summed E-state index contributed by atoms with van der Waals surface area (Å²) in [5.41, 5.74) is 5.90. The molecule has 6 heteroatoms. The van der Waals surface area contributed by atoms with Crippen LogP contribution in [-0.2, 0) is 6.54 Å². The highest BCUT2D eigenvalue weighted by Gasteiger charge is 2.20. The first-order valence-corrected chi connectivity index (χ1v) is 7.90. The van der Waals surface area contributed by atoms with Gasteiger partial charge in [0.05, 0.1) is 12.6 Å². The van der Waals surface area contributed by atoms with Crippen LogP contribution in [0.15, 0.2) is 27.1 Å². The molecule has 0 aromatic carbocycles. The number of halogens is 2. The van der Waals surface area contributed by atoms with Gasteiger partial charge in [-0.2, -0.15) is 0 Å². The van der Waals surface area contributed by atoms with Gasteiger partial charge in [-0.15, -0.1) is 11.3 Å². The predicted molar refractivity (Wildman–Crippen MR) is 83.7 cm³/mol. The Bertz CT molecular complexity index is 535. The lowest BCUT2D eigenvalue weighted by Gasteiger charge is -2.25. The minimum absolute atomic E-state index is 0.138. The van der Waals surface area contributed by atoms with Crippen molar-refractivity contribution in [3.63, 3.8) is 0 Å². The minimum atomic E-state index is 0.138. The van der Waals surface area contributed by atoms with E-state index in [1.165, 1.54) is 0 Å². The molecule has 0 fully saturated rings. The summed E-state index contributed by atoms with van der Waals surface area (Å²) in [5, 5.41) is 0. The molecule has 0 aliphatic heterocycles. The maximum atomic E-state index is 6.09. The molecule has 0 aliphatic rings. The van der Waals surface area contributed by atoms with Crippen molar-refractivity contribution in [3.05, 3.63) is 43.4 Å². The van der Waals surface area contributed by atoms with E-state index in [1.807, 2.05) is 32.2 Å². The molecule has 1 unspecified atom stereocenters. The lowest BCUT2D eigenvalue weighted by Crippen LogP contribution is -2.29. The molecular formula is C13H16BrClN2OS. The quantitative estimate of drug-likeness (QED) is 0.866. The number of furan rings is 1. The SMILES string of the molecule is Cc1ccc(CN(C)C(CN)c2cc(Br)c(Cl)s2)o1. The maximum absolute atomic E-state index is 6.09. The molecule has 2 N–H and O–H groups in total. The van der Waals surface area contributed by atoms with Crippen LogP contribution >= 0.6 is 38.9 Å². The Kier molecular flexibility index (Phi) is 5.09. The Hall–Kier alpha value is -0.330. The van der Waals surface area contributed by atoms with Crippen molar-refractivity contribution in [2.75, 3.05) is 13.6 Å². The van der Waals surface area contributed by atoms with Crippen LogP contribution in [0.25, 0.3) is 0 Å². The van der Waals surface area contributed by atoms with E-state index in [4.69, 9.17) is 21.8 Å². The first-order valence-electron chi connectivity index (χ1n) is 5.91. The molecule has 2 aromatic rings. The van der Waals surface area contributed by atoms with Gasteiger partial charge in [-0.25, -0.2) is 0 Å². The molecule has 3 nitrogen and oxygen atoms in total. The molecule has 1 atom stereocenters. The van der Waals surface area contributed by atoms with Crippen LogP contribution in [0.5, 0.6) is 0 Å². The fraction of sp³-hybridized carbons (Fsp3) is 0.385. The van der Waals surface area contributed by atoms with Crippen molar-refractivity contribution in [1.82, 2.24) is 4.90 Å².